The van der Waals surface area contributed by atoms with Crippen molar-refractivity contribution in [3.8, 4) is 5.75 Å². The zero-order valence-electron chi connectivity index (χ0n) is 14.9. The standard InChI is InChI=1S/C18H15BrN4O4S/c1-7-8(2)28-18-13(7)16(25)22-15(23-18)17(26)20-5-9-3-10(19)14-11(4-9)21-12(24)6-27-14/h3-4H,5-6H2,1-2H3,(H,20,26)(H,21,24)(H,22,23,25). The van der Waals surface area contributed by atoms with Gasteiger partial charge in [0.05, 0.1) is 15.5 Å². The van der Waals surface area contributed by atoms with E-state index in [2.05, 4.69) is 36.5 Å². The number of hydrogen-bond donors (Lipinski definition) is 3. The van der Waals surface area contributed by atoms with Gasteiger partial charge in [0.2, 0.25) is 5.82 Å². The Labute approximate surface area is 171 Å². The van der Waals surface area contributed by atoms with Crippen LogP contribution in [0.15, 0.2) is 21.4 Å². The van der Waals surface area contributed by atoms with Crippen molar-refractivity contribution in [2.24, 2.45) is 0 Å². The molecule has 1 aromatic carbocycles. The number of nitrogens with one attached hydrogen (secondary N) is 3. The van der Waals surface area contributed by atoms with Gasteiger partial charge in [-0.2, -0.15) is 0 Å². The smallest absolute Gasteiger partial charge is 0.287 e. The maximum Gasteiger partial charge on any atom is 0.287 e. The Balaban J connectivity index is 1.56. The molecule has 0 fully saturated rings. The van der Waals surface area contributed by atoms with Crippen molar-refractivity contribution < 1.29 is 14.3 Å². The minimum atomic E-state index is -0.489. The summed E-state index contributed by atoms with van der Waals surface area (Å²) in [7, 11) is 0. The lowest BCUT2D eigenvalue weighted by molar-refractivity contribution is -0.118. The Morgan fingerprint density at radius 1 is 1.36 bits per heavy atom. The van der Waals surface area contributed by atoms with Crippen molar-refractivity contribution in [2.45, 2.75) is 20.4 Å². The third-order valence-corrected chi connectivity index (χ3v) is 6.12. The van der Waals surface area contributed by atoms with Crippen LogP contribution in [0.25, 0.3) is 10.2 Å². The van der Waals surface area contributed by atoms with E-state index in [1.54, 1.807) is 12.1 Å². The first-order valence-electron chi connectivity index (χ1n) is 8.36. The Kier molecular flexibility index (Phi) is 4.68. The van der Waals surface area contributed by atoms with Crippen LogP contribution in [-0.2, 0) is 11.3 Å². The van der Waals surface area contributed by atoms with Gasteiger partial charge in [-0.3, -0.25) is 14.4 Å². The fourth-order valence-electron chi connectivity index (χ4n) is 2.94. The first-order valence-corrected chi connectivity index (χ1v) is 9.97. The van der Waals surface area contributed by atoms with Crippen LogP contribution in [-0.4, -0.2) is 28.4 Å². The van der Waals surface area contributed by atoms with Gasteiger partial charge in [-0.05, 0) is 53.0 Å². The van der Waals surface area contributed by atoms with Crippen LogP contribution in [0.3, 0.4) is 0 Å². The second-order valence-corrected chi connectivity index (χ2v) is 8.41. The van der Waals surface area contributed by atoms with Gasteiger partial charge in [0.1, 0.15) is 4.83 Å². The highest BCUT2D eigenvalue weighted by Gasteiger charge is 2.20. The average Bonchev–Trinajstić information content (AvgIpc) is 2.93. The van der Waals surface area contributed by atoms with E-state index < -0.39 is 5.91 Å². The molecule has 4 rings (SSSR count). The number of nitrogens with zero attached hydrogens (tertiary/aromatic N) is 1. The first kappa shape index (κ1) is 18.6. The molecule has 0 aliphatic carbocycles. The zero-order chi connectivity index (χ0) is 20.0. The summed E-state index contributed by atoms with van der Waals surface area (Å²) in [6.45, 7) is 3.92. The number of anilines is 1. The fourth-order valence-corrected chi connectivity index (χ4v) is 4.60. The van der Waals surface area contributed by atoms with E-state index in [4.69, 9.17) is 4.74 Å². The van der Waals surface area contributed by atoms with Crippen molar-refractivity contribution in [2.75, 3.05) is 11.9 Å². The average molecular weight is 463 g/mol. The number of benzene rings is 1. The molecule has 0 atom stereocenters. The number of carbonyl (C=O) groups is 2. The number of fused-ring (bicyclic) bond motifs is 2. The summed E-state index contributed by atoms with van der Waals surface area (Å²) >= 11 is 4.79. The number of ether oxygens (including phenoxy) is 1. The monoisotopic (exact) mass is 462 g/mol. The van der Waals surface area contributed by atoms with Crippen LogP contribution in [0.2, 0.25) is 0 Å². The number of thiophene rings is 1. The summed E-state index contributed by atoms with van der Waals surface area (Å²) in [6, 6.07) is 3.52. The summed E-state index contributed by atoms with van der Waals surface area (Å²) in [5.74, 6) is -0.212. The van der Waals surface area contributed by atoms with Crippen LogP contribution in [0.1, 0.15) is 26.6 Å². The van der Waals surface area contributed by atoms with E-state index in [0.717, 1.165) is 16.0 Å². The quantitative estimate of drug-likeness (QED) is 0.553. The molecule has 0 spiro atoms. The summed E-state index contributed by atoms with van der Waals surface area (Å²) in [5.41, 5.74) is 1.83. The van der Waals surface area contributed by atoms with Crippen molar-refractivity contribution in [3.63, 3.8) is 0 Å². The molecule has 8 nitrogen and oxygen atoms in total. The van der Waals surface area contributed by atoms with Gasteiger partial charge in [-0.1, -0.05) is 0 Å². The third kappa shape index (κ3) is 3.29. The molecule has 2 amide bonds. The molecular formula is C18H15BrN4O4S. The van der Waals surface area contributed by atoms with E-state index in [0.29, 0.717) is 26.1 Å². The molecule has 0 saturated carbocycles. The molecule has 3 aromatic rings. The lowest BCUT2D eigenvalue weighted by Gasteiger charge is -2.20. The molecule has 10 heteroatoms. The van der Waals surface area contributed by atoms with E-state index in [-0.39, 0.29) is 30.4 Å². The molecule has 1 aliphatic rings. The molecule has 0 unspecified atom stereocenters. The van der Waals surface area contributed by atoms with Crippen LogP contribution < -0.4 is 20.9 Å². The van der Waals surface area contributed by atoms with Gasteiger partial charge in [-0.25, -0.2) is 4.98 Å². The number of hydrogen-bond acceptors (Lipinski definition) is 6. The summed E-state index contributed by atoms with van der Waals surface area (Å²) in [5, 5.41) is 5.98. The second kappa shape index (κ2) is 7.02. The van der Waals surface area contributed by atoms with Crippen LogP contribution >= 0.6 is 27.3 Å². The highest BCUT2D eigenvalue weighted by molar-refractivity contribution is 9.10. The van der Waals surface area contributed by atoms with Crippen molar-refractivity contribution >= 4 is 55.0 Å². The molecule has 0 saturated heterocycles. The van der Waals surface area contributed by atoms with E-state index in [1.807, 2.05) is 13.8 Å². The number of rotatable bonds is 3. The SMILES string of the molecule is Cc1sc2nc(C(=O)NCc3cc(Br)c4c(c3)NC(=O)CO4)[nH]c(=O)c2c1C. The second-order valence-electron chi connectivity index (χ2n) is 6.35. The topological polar surface area (TPSA) is 113 Å². The third-order valence-electron chi connectivity index (χ3n) is 4.43. The number of aryl methyl sites for hydroxylation is 2. The maximum absolute atomic E-state index is 12.5. The molecule has 3 heterocycles. The highest BCUT2D eigenvalue weighted by Crippen LogP contribution is 2.36. The Morgan fingerprint density at radius 3 is 2.93 bits per heavy atom. The first-order chi connectivity index (χ1) is 13.3. The van der Waals surface area contributed by atoms with Gasteiger partial charge < -0.3 is 20.4 Å². The van der Waals surface area contributed by atoms with Crippen molar-refractivity contribution in [1.82, 2.24) is 15.3 Å². The number of aromatic amines is 1. The van der Waals surface area contributed by atoms with Gasteiger partial charge in [0.25, 0.3) is 17.4 Å². The largest absolute Gasteiger partial charge is 0.480 e. The highest BCUT2D eigenvalue weighted by atomic mass is 79.9. The van der Waals surface area contributed by atoms with Gasteiger partial charge in [0.15, 0.2) is 12.4 Å². The predicted octanol–water partition coefficient (Wildman–Crippen LogP) is 2.62. The minimum Gasteiger partial charge on any atom is -0.480 e. The minimum absolute atomic E-state index is 0.0348. The lowest BCUT2D eigenvalue weighted by atomic mass is 10.1. The molecule has 0 radical (unpaired) electrons. The summed E-state index contributed by atoms with van der Waals surface area (Å²) < 4.78 is 6.06. The molecule has 28 heavy (non-hydrogen) atoms. The Bertz CT molecular complexity index is 1200. The summed E-state index contributed by atoms with van der Waals surface area (Å²) in [6.07, 6.45) is 0. The lowest BCUT2D eigenvalue weighted by Crippen LogP contribution is -2.28. The Morgan fingerprint density at radius 2 is 2.14 bits per heavy atom. The van der Waals surface area contributed by atoms with E-state index in [1.165, 1.54) is 11.3 Å². The van der Waals surface area contributed by atoms with Crippen molar-refractivity contribution in [1.29, 1.82) is 0 Å². The molecular weight excluding hydrogens is 448 g/mol. The Hall–Kier alpha value is -2.72. The molecule has 2 aromatic heterocycles. The molecule has 144 valence electrons. The number of amides is 2. The van der Waals surface area contributed by atoms with E-state index >= 15 is 0 Å². The van der Waals surface area contributed by atoms with Crippen LogP contribution in [0, 0.1) is 13.8 Å². The number of H-pyrrole nitrogens is 1. The van der Waals surface area contributed by atoms with Crippen LogP contribution in [0.4, 0.5) is 5.69 Å². The van der Waals surface area contributed by atoms with Gasteiger partial charge >= 0.3 is 0 Å². The van der Waals surface area contributed by atoms with Crippen LogP contribution in [0.5, 0.6) is 5.75 Å². The molecule has 0 bridgehead atoms. The van der Waals surface area contributed by atoms with Gasteiger partial charge in [-0.15, -0.1) is 11.3 Å². The zero-order valence-corrected chi connectivity index (χ0v) is 17.3. The normalized spacial score (nSPS) is 13.0. The molecule has 1 aliphatic heterocycles. The number of carbonyl (C=O) groups excluding carboxylic acids is 2. The van der Waals surface area contributed by atoms with E-state index in [9.17, 15) is 14.4 Å². The number of aromatic nitrogens is 2. The van der Waals surface area contributed by atoms with Gasteiger partial charge in [0, 0.05) is 11.4 Å². The predicted molar refractivity (Wildman–Crippen MR) is 109 cm³/mol. The van der Waals surface area contributed by atoms with Crippen molar-refractivity contribution in [3.05, 3.63) is 48.8 Å². The fraction of sp³-hybridized carbons (Fsp3) is 0.222. The maximum atomic E-state index is 12.5. The number of halogens is 1. The summed E-state index contributed by atoms with van der Waals surface area (Å²) in [4.78, 5) is 44.7. The molecule has 3 N–H and O–H groups in total.